The number of carbonyl (C=O) groups excluding carboxylic acids is 4. The van der Waals surface area contributed by atoms with Gasteiger partial charge in [-0.15, -0.1) is 0 Å². The minimum Gasteiger partial charge on any atom is -0.211 e. The molecule has 0 saturated heterocycles. The van der Waals surface area contributed by atoms with Crippen LogP contribution in [0.15, 0.2) is 38.2 Å². The molecule has 0 aromatic heterocycles. The molecule has 0 aliphatic rings. The van der Waals surface area contributed by atoms with E-state index in [9.17, 15) is 19.2 Å². The first-order valence-corrected chi connectivity index (χ1v) is 4.70. The first-order chi connectivity index (χ1) is 9.26. The lowest BCUT2D eigenvalue weighted by molar-refractivity contribution is 0.552. The summed E-state index contributed by atoms with van der Waals surface area (Å²) in [5, 5.41) is 0. The molecule has 0 saturated carbocycles. The third-order valence-electron chi connectivity index (χ3n) is 1.98. The van der Waals surface area contributed by atoms with Gasteiger partial charge >= 0.3 is 0 Å². The van der Waals surface area contributed by atoms with Gasteiger partial charge in [0.1, 0.15) is 0 Å². The van der Waals surface area contributed by atoms with Gasteiger partial charge in [0.15, 0.2) is 6.17 Å². The predicted octanol–water partition coefficient (Wildman–Crippen LogP) is 1.29. The minimum atomic E-state index is -1.23. The fourth-order valence-corrected chi connectivity index (χ4v) is 1.29. The lowest BCUT2D eigenvalue weighted by atomic mass is 10.1. The first kappa shape index (κ1) is 13.8. The summed E-state index contributed by atoms with van der Waals surface area (Å²) < 4.78 is 0. The van der Waals surface area contributed by atoms with E-state index in [0.29, 0.717) is 0 Å². The van der Waals surface area contributed by atoms with Crippen LogP contribution in [0.5, 0.6) is 0 Å². The summed E-state index contributed by atoms with van der Waals surface area (Å²) in [6.45, 7) is 0. The normalized spacial score (nSPS) is 9.89. The van der Waals surface area contributed by atoms with Gasteiger partial charge in [-0.1, -0.05) is 6.07 Å². The van der Waals surface area contributed by atoms with E-state index in [0.717, 1.165) is 0 Å². The van der Waals surface area contributed by atoms with Crippen LogP contribution in [0.1, 0.15) is 11.7 Å². The molecule has 0 atom stereocenters. The molecule has 0 radical (unpaired) electrons. The molecular formula is C11H4N4O4. The summed E-state index contributed by atoms with van der Waals surface area (Å²) in [7, 11) is 0. The Morgan fingerprint density at radius 1 is 0.842 bits per heavy atom. The number of benzene rings is 1. The van der Waals surface area contributed by atoms with Crippen molar-refractivity contribution in [1.29, 1.82) is 0 Å². The fourth-order valence-electron chi connectivity index (χ4n) is 1.29. The van der Waals surface area contributed by atoms with E-state index < -0.39 is 6.17 Å². The minimum absolute atomic E-state index is 0.00880. The van der Waals surface area contributed by atoms with Gasteiger partial charge in [0.05, 0.1) is 11.4 Å². The van der Waals surface area contributed by atoms with E-state index in [1.807, 2.05) is 0 Å². The SMILES string of the molecule is O=C=Nc1ccc(C(N=C=O)N=C=O)c(N=C=O)c1. The van der Waals surface area contributed by atoms with Gasteiger partial charge in [0.25, 0.3) is 0 Å². The standard InChI is InChI=1S/C11H4N4O4/c16-4-12-8-1-2-9(10(3-8)13-5-17)11(14-6-18)15-7-19/h1-3,11H. The van der Waals surface area contributed by atoms with Crippen LogP contribution in [0.3, 0.4) is 0 Å². The van der Waals surface area contributed by atoms with E-state index in [-0.39, 0.29) is 16.9 Å². The smallest absolute Gasteiger partial charge is 0.211 e. The highest BCUT2D eigenvalue weighted by Crippen LogP contribution is 2.31. The maximum absolute atomic E-state index is 10.3. The average Bonchev–Trinajstić information content (AvgIpc) is 2.40. The van der Waals surface area contributed by atoms with Crippen molar-refractivity contribution in [2.45, 2.75) is 6.17 Å². The first-order valence-electron chi connectivity index (χ1n) is 4.70. The maximum atomic E-state index is 10.3. The van der Waals surface area contributed by atoms with Crippen LogP contribution in [0.25, 0.3) is 0 Å². The zero-order chi connectivity index (χ0) is 14.1. The van der Waals surface area contributed by atoms with Crippen LogP contribution in [-0.4, -0.2) is 24.3 Å². The van der Waals surface area contributed by atoms with Crippen molar-refractivity contribution < 1.29 is 19.2 Å². The molecule has 19 heavy (non-hydrogen) atoms. The molecule has 0 heterocycles. The van der Waals surface area contributed by atoms with Crippen molar-refractivity contribution >= 4 is 35.7 Å². The van der Waals surface area contributed by atoms with Crippen LogP contribution in [-0.2, 0) is 19.2 Å². The Labute approximate surface area is 105 Å². The van der Waals surface area contributed by atoms with Gasteiger partial charge in [-0.3, -0.25) is 0 Å². The zero-order valence-electron chi connectivity index (χ0n) is 9.23. The fraction of sp³-hybridized carbons (Fsp3) is 0.0909. The zero-order valence-corrected chi connectivity index (χ0v) is 9.23. The molecule has 0 aliphatic carbocycles. The second-order valence-electron chi connectivity index (χ2n) is 2.96. The summed E-state index contributed by atoms with van der Waals surface area (Å²) in [5.74, 6) is 0. The second-order valence-corrected chi connectivity index (χ2v) is 2.96. The Kier molecular flexibility index (Phi) is 5.19. The molecule has 92 valence electrons. The monoisotopic (exact) mass is 256 g/mol. The van der Waals surface area contributed by atoms with E-state index in [4.69, 9.17) is 0 Å². The summed E-state index contributed by atoms with van der Waals surface area (Å²) in [4.78, 5) is 54.2. The molecule has 0 bridgehead atoms. The van der Waals surface area contributed by atoms with Crippen LogP contribution in [0.4, 0.5) is 11.4 Å². The molecule has 1 aromatic rings. The molecule has 0 amide bonds. The molecule has 8 heteroatoms. The summed E-state index contributed by atoms with van der Waals surface area (Å²) >= 11 is 0. The van der Waals surface area contributed by atoms with Gasteiger partial charge in [-0.05, 0) is 12.1 Å². The number of isocyanates is 4. The Bertz CT molecular complexity index is 656. The molecule has 0 spiro atoms. The van der Waals surface area contributed by atoms with Crippen LogP contribution >= 0.6 is 0 Å². The molecule has 0 fully saturated rings. The third kappa shape index (κ3) is 3.61. The van der Waals surface area contributed by atoms with Crippen molar-refractivity contribution in [3.63, 3.8) is 0 Å². The molecule has 0 N–H and O–H groups in total. The van der Waals surface area contributed by atoms with Crippen LogP contribution in [0.2, 0.25) is 0 Å². The van der Waals surface area contributed by atoms with Crippen molar-refractivity contribution in [3.8, 4) is 0 Å². The van der Waals surface area contributed by atoms with Crippen LogP contribution < -0.4 is 0 Å². The lowest BCUT2D eigenvalue weighted by Gasteiger charge is -2.06. The summed E-state index contributed by atoms with van der Waals surface area (Å²) in [6, 6.07) is 3.97. The number of rotatable bonds is 5. The maximum Gasteiger partial charge on any atom is 0.240 e. The number of hydrogen-bond donors (Lipinski definition) is 0. The lowest BCUT2D eigenvalue weighted by Crippen LogP contribution is -1.92. The van der Waals surface area contributed by atoms with Crippen molar-refractivity contribution in [2.24, 2.45) is 20.0 Å². The van der Waals surface area contributed by atoms with Gasteiger partial charge in [0, 0.05) is 5.56 Å². The van der Waals surface area contributed by atoms with E-state index in [1.54, 1.807) is 0 Å². The van der Waals surface area contributed by atoms with E-state index in [2.05, 4.69) is 20.0 Å². The summed E-state index contributed by atoms with van der Waals surface area (Å²) in [6.07, 6.45) is 3.85. The number of nitrogens with zero attached hydrogens (tertiary/aromatic N) is 4. The van der Waals surface area contributed by atoms with Crippen molar-refractivity contribution in [3.05, 3.63) is 23.8 Å². The third-order valence-corrected chi connectivity index (χ3v) is 1.98. The average molecular weight is 256 g/mol. The van der Waals surface area contributed by atoms with Gasteiger partial charge in [-0.2, -0.15) is 20.0 Å². The molecule has 0 aliphatic heterocycles. The van der Waals surface area contributed by atoms with E-state index in [1.165, 1.54) is 42.5 Å². The highest BCUT2D eigenvalue weighted by atomic mass is 16.1. The summed E-state index contributed by atoms with van der Waals surface area (Å²) in [5.41, 5.74) is 0.353. The molecule has 8 nitrogen and oxygen atoms in total. The molecule has 1 rings (SSSR count). The predicted molar refractivity (Wildman–Crippen MR) is 61.0 cm³/mol. The van der Waals surface area contributed by atoms with Crippen molar-refractivity contribution in [1.82, 2.24) is 0 Å². The quantitative estimate of drug-likeness (QED) is 0.582. The molecule has 1 aromatic carbocycles. The van der Waals surface area contributed by atoms with Gasteiger partial charge < -0.3 is 0 Å². The molecule has 0 unspecified atom stereocenters. The Morgan fingerprint density at radius 3 is 2.00 bits per heavy atom. The number of hydrogen-bond acceptors (Lipinski definition) is 8. The highest BCUT2D eigenvalue weighted by Gasteiger charge is 2.14. The van der Waals surface area contributed by atoms with Gasteiger partial charge in [-0.25, -0.2) is 19.2 Å². The van der Waals surface area contributed by atoms with Crippen molar-refractivity contribution in [2.75, 3.05) is 0 Å². The number of aliphatic imine (C=N–C) groups is 4. The van der Waals surface area contributed by atoms with Gasteiger partial charge in [0.2, 0.25) is 24.3 Å². The molecular weight excluding hydrogens is 252 g/mol. The highest BCUT2D eigenvalue weighted by molar-refractivity contribution is 5.63. The second kappa shape index (κ2) is 7.14. The largest absolute Gasteiger partial charge is 0.240 e. The Hall–Kier alpha value is -3.26. The van der Waals surface area contributed by atoms with E-state index >= 15 is 0 Å². The van der Waals surface area contributed by atoms with Crippen LogP contribution in [0, 0.1) is 0 Å². The topological polar surface area (TPSA) is 118 Å². The Balaban J connectivity index is 3.47. The Morgan fingerprint density at radius 2 is 1.47 bits per heavy atom.